The van der Waals surface area contributed by atoms with E-state index in [0.717, 1.165) is 77.9 Å². The zero-order valence-electron chi connectivity index (χ0n) is 45.4. The highest BCUT2D eigenvalue weighted by Crippen LogP contribution is 2.20. The summed E-state index contributed by atoms with van der Waals surface area (Å²) in [5.74, 6) is 1.58. The Morgan fingerprint density at radius 2 is 0.972 bits per heavy atom. The Morgan fingerprint density at radius 1 is 0.514 bits per heavy atom. The second kappa shape index (κ2) is 36.6. The van der Waals surface area contributed by atoms with E-state index in [-0.39, 0.29) is 6.61 Å². The summed E-state index contributed by atoms with van der Waals surface area (Å²) in [7, 11) is 1.70. The van der Waals surface area contributed by atoms with E-state index in [1.165, 1.54) is 4.90 Å². The maximum absolute atomic E-state index is 9.45. The lowest BCUT2D eigenvalue weighted by Crippen LogP contribution is -2.31. The van der Waals surface area contributed by atoms with Gasteiger partial charge in [-0.15, -0.1) is 11.8 Å². The van der Waals surface area contributed by atoms with Gasteiger partial charge in [0.15, 0.2) is 0 Å². The first-order chi connectivity index (χ1) is 34.9. The molecular weight excluding hydrogens is 933 g/mol. The van der Waals surface area contributed by atoms with Crippen molar-refractivity contribution in [3.05, 3.63) is 124 Å². The summed E-state index contributed by atoms with van der Waals surface area (Å²) in [6.45, 7) is 25.0. The van der Waals surface area contributed by atoms with Crippen LogP contribution in [0.1, 0.15) is 110 Å². The number of hydrogen-bond donors (Lipinski definition) is 6. The lowest BCUT2D eigenvalue weighted by Gasteiger charge is -2.13. The van der Waals surface area contributed by atoms with Crippen LogP contribution in [0.5, 0.6) is 11.5 Å². The predicted molar refractivity (Wildman–Crippen MR) is 301 cm³/mol. The van der Waals surface area contributed by atoms with Crippen LogP contribution in [0, 0.1) is 0 Å². The molecule has 0 atom stereocenters. The van der Waals surface area contributed by atoms with Crippen molar-refractivity contribution in [3.63, 3.8) is 0 Å². The van der Waals surface area contributed by atoms with Crippen LogP contribution in [0.25, 0.3) is 0 Å². The Kier molecular flexibility index (Phi) is 33.4. The van der Waals surface area contributed by atoms with Gasteiger partial charge in [0.25, 0.3) is 0 Å². The summed E-state index contributed by atoms with van der Waals surface area (Å²) in [5, 5.41) is 55.8. The van der Waals surface area contributed by atoms with Gasteiger partial charge in [-0.1, -0.05) is 112 Å². The van der Waals surface area contributed by atoms with Gasteiger partial charge >= 0.3 is 35.6 Å². The molecule has 0 amide bonds. The molecular formula is C52H80B5NO13S. The van der Waals surface area contributed by atoms with Crippen LogP contribution in [-0.2, 0) is 62.9 Å². The lowest BCUT2D eigenvalue weighted by molar-refractivity contribution is 0.273. The minimum Gasteiger partial charge on any atom is -0.497 e. The number of nitrogens with zero attached hydrogens (tertiary/aromatic N) is 1. The van der Waals surface area contributed by atoms with Gasteiger partial charge in [-0.05, 0) is 122 Å². The fourth-order valence-electron chi connectivity index (χ4n) is 7.08. The zero-order valence-corrected chi connectivity index (χ0v) is 46.2. The molecule has 0 saturated carbocycles. The molecule has 0 unspecified atom stereocenters. The Morgan fingerprint density at radius 3 is 1.49 bits per heavy atom. The van der Waals surface area contributed by atoms with Crippen LogP contribution < -0.4 is 41.7 Å². The van der Waals surface area contributed by atoms with E-state index in [9.17, 15) is 25.1 Å². The van der Waals surface area contributed by atoms with Crippen molar-refractivity contribution in [2.24, 2.45) is 0 Å². The molecule has 0 radical (unpaired) electrons. The molecule has 0 fully saturated rings. The maximum atomic E-state index is 9.45. The number of rotatable bonds is 6. The van der Waals surface area contributed by atoms with Crippen molar-refractivity contribution in [1.82, 2.24) is 0 Å². The van der Waals surface area contributed by atoms with Gasteiger partial charge in [0, 0.05) is 24.7 Å². The summed E-state index contributed by atoms with van der Waals surface area (Å²) < 4.78 is 35.6. The number of fused-ring (bicyclic) bond motifs is 5. The highest BCUT2D eigenvalue weighted by atomic mass is 32.2. The molecule has 5 aromatic carbocycles. The summed E-state index contributed by atoms with van der Waals surface area (Å²) >= 11 is 1.67. The molecule has 5 aromatic rings. The fraction of sp³-hybridized carbons (Fsp3) is 0.423. The van der Waals surface area contributed by atoms with E-state index in [0.29, 0.717) is 39.6 Å². The van der Waals surface area contributed by atoms with Crippen LogP contribution >= 0.6 is 11.8 Å². The highest BCUT2D eigenvalue weighted by Gasteiger charge is 2.31. The number of ether oxygens (including phenoxy) is 2. The zero-order chi connectivity index (χ0) is 54.3. The fourth-order valence-corrected chi connectivity index (χ4v) is 7.53. The van der Waals surface area contributed by atoms with E-state index < -0.39 is 35.6 Å². The van der Waals surface area contributed by atoms with E-state index in [1.54, 1.807) is 31.0 Å². The molecule has 72 heavy (non-hydrogen) atoms. The summed E-state index contributed by atoms with van der Waals surface area (Å²) in [4.78, 5) is 3.17. The number of anilines is 1. The van der Waals surface area contributed by atoms with Crippen molar-refractivity contribution in [1.29, 1.82) is 0 Å². The molecule has 392 valence electrons. The van der Waals surface area contributed by atoms with E-state index >= 15 is 0 Å². The first-order valence-electron chi connectivity index (χ1n) is 25.0. The van der Waals surface area contributed by atoms with Crippen molar-refractivity contribution in [3.8, 4) is 11.5 Å². The van der Waals surface area contributed by atoms with Gasteiger partial charge < -0.3 is 67.9 Å². The van der Waals surface area contributed by atoms with Gasteiger partial charge in [0.05, 0.1) is 53.4 Å². The van der Waals surface area contributed by atoms with Crippen LogP contribution in [-0.4, -0.2) is 99.9 Å². The molecule has 5 aliphatic heterocycles. The van der Waals surface area contributed by atoms with Gasteiger partial charge in [-0.3, -0.25) is 0 Å². The standard InChI is InChI=1S/C9H12BNO2.C9H11BO3.2C8H9BO3.C8H9BO2S.5C2H6/c1-11(2)8-4-3-7-6-13-10(12)9(7)5-8;1-2-12-8-3-4-9-7(5-8)6-13-10(9)11;1-11-7-3-2-6-5-12-9(10)8(6)4-7;10-4-6-2-1-3-7-5-12-9(11)8(6)7;1-12-7-3-2-6-5-11-9(10)8(6)4-7;5*1-2/h3-5,12H,6H2,1-2H3;3-5,11H,2,6H2,1H3;2-4,10H,5H2,1H3;1-3,10-11H,4-5H2;2-4,10H,5H2,1H3;5*1-2H3. The second-order valence-corrected chi connectivity index (χ2v) is 15.5. The Hall–Kier alpha value is -4.27. The molecule has 0 aromatic heterocycles. The van der Waals surface area contributed by atoms with E-state index in [2.05, 4.69) is 0 Å². The summed E-state index contributed by atoms with van der Waals surface area (Å²) in [6, 6.07) is 28.7. The van der Waals surface area contributed by atoms with Crippen molar-refractivity contribution < 1.29 is 63.0 Å². The molecule has 0 spiro atoms. The first kappa shape index (κ1) is 65.7. The Balaban J connectivity index is 0.000000431. The number of methoxy groups -OCH3 is 1. The number of thioether (sulfide) groups is 1. The van der Waals surface area contributed by atoms with Gasteiger partial charge in [-0.25, -0.2) is 0 Å². The summed E-state index contributed by atoms with van der Waals surface area (Å²) in [6.07, 6.45) is 2.02. The van der Waals surface area contributed by atoms with Crippen LogP contribution in [0.3, 0.4) is 0 Å². The lowest BCUT2D eigenvalue weighted by atomic mass is 9.76. The monoisotopic (exact) mass is 1010 g/mol. The van der Waals surface area contributed by atoms with E-state index in [1.807, 2.05) is 180 Å². The third kappa shape index (κ3) is 19.2. The number of benzene rings is 5. The minimum absolute atomic E-state index is 0.0520. The second-order valence-electron chi connectivity index (χ2n) is 14.7. The molecule has 10 rings (SSSR count). The quantitative estimate of drug-likeness (QED) is 0.0945. The van der Waals surface area contributed by atoms with E-state index in [4.69, 9.17) is 37.9 Å². The van der Waals surface area contributed by atoms with Crippen molar-refractivity contribution >= 4 is 80.4 Å². The smallest absolute Gasteiger partial charge is 0.492 e. The van der Waals surface area contributed by atoms with Crippen molar-refractivity contribution in [2.45, 2.75) is 121 Å². The van der Waals surface area contributed by atoms with Crippen molar-refractivity contribution in [2.75, 3.05) is 39.0 Å². The molecule has 5 heterocycles. The van der Waals surface area contributed by atoms with Gasteiger partial charge in [0.2, 0.25) is 0 Å². The molecule has 0 bridgehead atoms. The average Bonchev–Trinajstić information content (AvgIpc) is 4.29. The number of hydrogen-bond acceptors (Lipinski definition) is 15. The summed E-state index contributed by atoms with van der Waals surface area (Å²) in [5.41, 5.74) is 11.2. The topological polar surface area (TPSA) is 189 Å². The molecule has 0 saturated heterocycles. The average molecular weight is 1010 g/mol. The third-order valence-corrected chi connectivity index (χ3v) is 11.3. The van der Waals surface area contributed by atoms with Crippen LogP contribution in [0.15, 0.2) is 95.9 Å². The molecule has 20 heteroatoms. The molecule has 6 N–H and O–H groups in total. The Labute approximate surface area is 437 Å². The number of aliphatic hydroxyl groups excluding tert-OH is 1. The number of aliphatic hydroxyl groups is 1. The highest BCUT2D eigenvalue weighted by molar-refractivity contribution is 7.98. The SMILES string of the molecule is CC.CC.CC.CC.CC.CCOc1ccc2c(c1)COB2O.CN(C)c1ccc2c(c1)B(O)OC2.COc1ccc2c(c1)B(O)OC2.CSc1ccc2c(c1)B(O)OC2.OCc1cccc2c1B(O)OC2. The van der Waals surface area contributed by atoms with Gasteiger partial charge in [-0.2, -0.15) is 0 Å². The molecule has 5 aliphatic rings. The normalized spacial score (nSPS) is 13.1. The molecule has 0 aliphatic carbocycles. The van der Waals surface area contributed by atoms with Crippen LogP contribution in [0.2, 0.25) is 0 Å². The van der Waals surface area contributed by atoms with Gasteiger partial charge in [0.1, 0.15) is 11.5 Å². The largest absolute Gasteiger partial charge is 0.497 e. The maximum Gasteiger partial charge on any atom is 0.492 e. The first-order valence-corrected chi connectivity index (χ1v) is 26.3. The third-order valence-electron chi connectivity index (χ3n) is 10.5. The molecule has 14 nitrogen and oxygen atoms in total. The predicted octanol–water partition coefficient (Wildman–Crippen LogP) is 5.34. The Bertz CT molecular complexity index is 2220. The van der Waals surface area contributed by atoms with Crippen LogP contribution in [0.4, 0.5) is 5.69 Å². The minimum atomic E-state index is -0.858.